The van der Waals surface area contributed by atoms with Gasteiger partial charge in [-0.2, -0.15) is 11.8 Å². The second-order valence-electron chi connectivity index (χ2n) is 7.11. The largest absolute Gasteiger partial charge is 0.323 e. The number of carbonyl (C=O) groups excluding carboxylic acids is 2. The molecule has 0 aliphatic carbocycles. The van der Waals surface area contributed by atoms with Gasteiger partial charge < -0.3 is 10.6 Å². The highest BCUT2D eigenvalue weighted by atomic mass is 32.2. The number of carbonyl (C=O) groups is 2. The fourth-order valence-corrected chi connectivity index (χ4v) is 10.2. The van der Waals surface area contributed by atoms with Gasteiger partial charge >= 0.3 is 6.03 Å². The lowest BCUT2D eigenvalue weighted by Crippen LogP contribution is -2.29. The van der Waals surface area contributed by atoms with Crippen LogP contribution in [0.25, 0.3) is 0 Å². The van der Waals surface area contributed by atoms with Crippen LogP contribution in [0.3, 0.4) is 0 Å². The number of hydrogen-bond donors (Lipinski definition) is 3. The number of rotatable bonds is 6. The zero-order chi connectivity index (χ0) is 21.9. The van der Waals surface area contributed by atoms with Crippen LogP contribution in [0.1, 0.15) is 29.3 Å². The first kappa shape index (κ1) is 23.4. The molecule has 4 nitrogen and oxygen atoms in total. The number of benzene rings is 2. The molecule has 0 fully saturated rings. The smallest absolute Gasteiger partial charge is 0.308 e. The summed E-state index contributed by atoms with van der Waals surface area (Å²) in [6, 6.07) is 13.0. The summed E-state index contributed by atoms with van der Waals surface area (Å²) in [4.78, 5) is 25.4. The molecule has 2 aromatic rings. The lowest BCUT2D eigenvalue weighted by molar-refractivity contribution is 0.101. The van der Waals surface area contributed by atoms with Gasteiger partial charge in [-0.25, -0.2) is 15.7 Å². The summed E-state index contributed by atoms with van der Waals surface area (Å²) in [5, 5.41) is 5.81. The molecule has 0 bridgehead atoms. The van der Waals surface area contributed by atoms with Gasteiger partial charge in [0.05, 0.1) is 4.08 Å². The van der Waals surface area contributed by atoms with Gasteiger partial charge in [-0.05, 0) is 91.3 Å². The van der Waals surface area contributed by atoms with Gasteiger partial charge in [0.25, 0.3) is 0 Å². The topological polar surface area (TPSA) is 58.2 Å². The van der Waals surface area contributed by atoms with Crippen LogP contribution in [0, 0.1) is 0 Å². The quantitative estimate of drug-likeness (QED) is 0.250. The van der Waals surface area contributed by atoms with Crippen LogP contribution in [-0.2, 0) is 4.08 Å². The highest BCUT2D eigenvalue weighted by Crippen LogP contribution is 2.62. The maximum atomic E-state index is 12.5. The maximum absolute atomic E-state index is 12.5. The molecular formula is C22H28N2O2S4. The molecule has 2 N–H and O–H groups in total. The Kier molecular flexibility index (Phi) is 7.76. The summed E-state index contributed by atoms with van der Waals surface area (Å²) in [5.41, 5.74) is 3.41. The van der Waals surface area contributed by atoms with E-state index in [1.54, 1.807) is 24.3 Å². The number of ketones is 1. The molecule has 2 atom stereocenters. The molecule has 3 rings (SSSR count). The van der Waals surface area contributed by atoms with Gasteiger partial charge in [-0.3, -0.25) is 4.79 Å². The first-order valence-electron chi connectivity index (χ1n) is 9.53. The number of thioether (sulfide) groups is 3. The Bertz CT molecular complexity index is 929. The molecule has 0 spiro atoms. The molecule has 0 aromatic heterocycles. The summed E-state index contributed by atoms with van der Waals surface area (Å²) in [6.07, 6.45) is 10.1. The molecule has 30 heavy (non-hydrogen) atoms. The first-order valence-corrected chi connectivity index (χ1v) is 15.1. The Morgan fingerprint density at radius 1 is 1.00 bits per heavy atom. The summed E-state index contributed by atoms with van der Waals surface area (Å²) in [7, 11) is -0.242. The van der Waals surface area contributed by atoms with E-state index in [1.807, 2.05) is 41.4 Å². The van der Waals surface area contributed by atoms with E-state index in [2.05, 4.69) is 47.8 Å². The van der Waals surface area contributed by atoms with Crippen molar-refractivity contribution in [2.24, 2.45) is 0 Å². The van der Waals surface area contributed by atoms with E-state index >= 15 is 0 Å². The SMILES string of the molecule is CSC1CC(SC)(SC)c2cc(NC(=O)Nc3ccc(C(C)=O)cc3)ccc2[SH]1C. The van der Waals surface area contributed by atoms with E-state index < -0.39 is 0 Å². The third kappa shape index (κ3) is 4.82. The standard InChI is InChI=1S/C22H28N2O2S4/c1-14(25)15-6-8-16(9-7-15)23-21(26)24-17-10-11-19-18(12-17)22(28-3,29-4)13-20(27-2)30(19)5/h6-12,20,30H,13H2,1-5H3,(H2,23,24,26). The van der Waals surface area contributed by atoms with Gasteiger partial charge in [0.1, 0.15) is 0 Å². The van der Waals surface area contributed by atoms with Crippen molar-refractivity contribution in [2.75, 3.05) is 35.7 Å². The van der Waals surface area contributed by atoms with Crippen LogP contribution >= 0.6 is 46.2 Å². The second-order valence-corrected chi connectivity index (χ2v) is 13.3. The van der Waals surface area contributed by atoms with Crippen LogP contribution < -0.4 is 10.6 Å². The Labute approximate surface area is 194 Å². The van der Waals surface area contributed by atoms with Crippen molar-refractivity contribution in [3.05, 3.63) is 53.6 Å². The molecule has 0 saturated heterocycles. The van der Waals surface area contributed by atoms with Crippen LogP contribution in [0.5, 0.6) is 0 Å². The van der Waals surface area contributed by atoms with Gasteiger partial charge in [0, 0.05) is 21.5 Å². The van der Waals surface area contributed by atoms with E-state index in [9.17, 15) is 9.59 Å². The predicted octanol–water partition coefficient (Wildman–Crippen LogP) is 6.49. The van der Waals surface area contributed by atoms with Gasteiger partial charge in [0.2, 0.25) is 0 Å². The Hall–Kier alpha value is -1.22. The summed E-state index contributed by atoms with van der Waals surface area (Å²) in [6.45, 7) is 1.53. The third-order valence-electron chi connectivity index (χ3n) is 5.40. The number of thiol groups is 1. The fraction of sp³-hybridized carbons (Fsp3) is 0.364. The second kappa shape index (κ2) is 9.94. The van der Waals surface area contributed by atoms with Gasteiger partial charge in [-0.1, -0.05) is 0 Å². The minimum atomic E-state index is -0.291. The number of Topliss-reactive ketones (excluding diaryl/α,β-unsaturated/α-hetero) is 1. The fourth-order valence-electron chi connectivity index (χ4n) is 3.65. The molecule has 0 saturated carbocycles. The number of amides is 2. The van der Waals surface area contributed by atoms with Crippen molar-refractivity contribution >= 4 is 69.4 Å². The minimum Gasteiger partial charge on any atom is -0.308 e. The third-order valence-corrected chi connectivity index (χ3v) is 13.0. The highest BCUT2D eigenvalue weighted by molar-refractivity contribution is 8.27. The van der Waals surface area contributed by atoms with E-state index in [0.717, 1.165) is 12.1 Å². The average molecular weight is 481 g/mol. The van der Waals surface area contributed by atoms with Crippen molar-refractivity contribution < 1.29 is 9.59 Å². The highest BCUT2D eigenvalue weighted by Gasteiger charge is 2.41. The molecular weight excluding hydrogens is 453 g/mol. The van der Waals surface area contributed by atoms with Crippen molar-refractivity contribution in [1.82, 2.24) is 0 Å². The monoisotopic (exact) mass is 480 g/mol. The number of fused-ring (bicyclic) bond motifs is 1. The van der Waals surface area contributed by atoms with Gasteiger partial charge in [-0.15, -0.1) is 23.5 Å². The molecule has 8 heteroatoms. The van der Waals surface area contributed by atoms with E-state index in [0.29, 0.717) is 15.8 Å². The van der Waals surface area contributed by atoms with Crippen LogP contribution in [0.15, 0.2) is 47.4 Å². The minimum absolute atomic E-state index is 0.00531. The molecule has 1 aliphatic heterocycles. The number of hydrogen-bond acceptors (Lipinski definition) is 5. The van der Waals surface area contributed by atoms with E-state index in [-0.39, 0.29) is 26.8 Å². The molecule has 2 aromatic carbocycles. The summed E-state index contributed by atoms with van der Waals surface area (Å²) >= 11 is 5.76. The molecule has 2 unspecified atom stereocenters. The molecule has 162 valence electrons. The van der Waals surface area contributed by atoms with Crippen molar-refractivity contribution in [3.8, 4) is 0 Å². The van der Waals surface area contributed by atoms with Crippen molar-refractivity contribution in [2.45, 2.75) is 26.9 Å². The average Bonchev–Trinajstić information content (AvgIpc) is 2.75. The Morgan fingerprint density at radius 2 is 1.60 bits per heavy atom. The molecule has 1 heterocycles. The number of urea groups is 1. The molecule has 0 radical (unpaired) electrons. The van der Waals surface area contributed by atoms with Crippen molar-refractivity contribution in [3.63, 3.8) is 0 Å². The normalized spacial score (nSPS) is 20.8. The van der Waals surface area contributed by atoms with E-state index in [1.165, 1.54) is 17.4 Å². The molecule has 2 amide bonds. The lowest BCUT2D eigenvalue weighted by Gasteiger charge is -2.45. The lowest BCUT2D eigenvalue weighted by atomic mass is 10.1. The summed E-state index contributed by atoms with van der Waals surface area (Å²) in [5.74, 6) is 0.00531. The first-order chi connectivity index (χ1) is 14.3. The number of anilines is 2. The zero-order valence-electron chi connectivity index (χ0n) is 17.8. The summed E-state index contributed by atoms with van der Waals surface area (Å²) < 4.78 is 0.654. The number of nitrogens with one attached hydrogen (secondary N) is 2. The van der Waals surface area contributed by atoms with Gasteiger partial charge in [0.15, 0.2) is 5.78 Å². The predicted molar refractivity (Wildman–Crippen MR) is 139 cm³/mol. The van der Waals surface area contributed by atoms with Crippen molar-refractivity contribution in [1.29, 1.82) is 0 Å². The van der Waals surface area contributed by atoms with E-state index in [4.69, 9.17) is 0 Å². The van der Waals surface area contributed by atoms with Crippen LogP contribution in [-0.4, -0.2) is 41.4 Å². The van der Waals surface area contributed by atoms with Crippen LogP contribution in [0.4, 0.5) is 16.2 Å². The molecule has 1 aliphatic rings. The van der Waals surface area contributed by atoms with Crippen LogP contribution in [0.2, 0.25) is 0 Å². The Balaban J connectivity index is 1.81. The zero-order valence-corrected chi connectivity index (χ0v) is 21.2. The Morgan fingerprint density at radius 3 is 2.17 bits per heavy atom. The maximum Gasteiger partial charge on any atom is 0.323 e.